The van der Waals surface area contributed by atoms with E-state index in [-0.39, 0.29) is 5.56 Å². The van der Waals surface area contributed by atoms with Crippen LogP contribution in [0.2, 0.25) is 0 Å². The summed E-state index contributed by atoms with van der Waals surface area (Å²) in [6.07, 6.45) is 0. The number of amides is 1. The van der Waals surface area contributed by atoms with Gasteiger partial charge in [0.05, 0.1) is 0 Å². The van der Waals surface area contributed by atoms with Crippen LogP contribution in [0.5, 0.6) is 0 Å². The van der Waals surface area contributed by atoms with E-state index in [1.807, 2.05) is 19.0 Å². The van der Waals surface area contributed by atoms with Gasteiger partial charge in [-0.2, -0.15) is 0 Å². The molecule has 0 fully saturated rings. The van der Waals surface area contributed by atoms with Gasteiger partial charge < -0.3 is 15.5 Å². The summed E-state index contributed by atoms with van der Waals surface area (Å²) in [6.45, 7) is 1.62. The highest BCUT2D eigenvalue weighted by atomic mass is 19.1. The number of carbonyl (C=O) groups is 1. The number of hydrogen-bond acceptors (Lipinski definition) is 5. The maximum Gasteiger partial charge on any atom is 0.256 e. The van der Waals surface area contributed by atoms with Crippen LogP contribution in [0.25, 0.3) is 0 Å². The van der Waals surface area contributed by atoms with Crippen molar-refractivity contribution < 1.29 is 9.18 Å². The Morgan fingerprint density at radius 3 is 2.55 bits per heavy atom. The van der Waals surface area contributed by atoms with Crippen LogP contribution in [0, 0.1) is 5.82 Å². The summed E-state index contributed by atoms with van der Waals surface area (Å²) in [5, 5.41) is 13.6. The monoisotopic (exact) mass is 303 g/mol. The summed E-state index contributed by atoms with van der Waals surface area (Å²) >= 11 is 0. The van der Waals surface area contributed by atoms with Crippen LogP contribution in [-0.4, -0.2) is 48.2 Å². The molecule has 0 bridgehead atoms. The number of hydrogen-bond donors (Lipinski definition) is 2. The van der Waals surface area contributed by atoms with Gasteiger partial charge in [-0.1, -0.05) is 6.07 Å². The second-order valence-corrected chi connectivity index (χ2v) is 5.00. The first-order chi connectivity index (χ1) is 10.5. The Labute approximate surface area is 128 Å². The molecule has 1 aromatic heterocycles. The van der Waals surface area contributed by atoms with Crippen molar-refractivity contribution in [1.29, 1.82) is 0 Å². The molecule has 0 radical (unpaired) electrons. The molecule has 1 amide bonds. The van der Waals surface area contributed by atoms with Gasteiger partial charge in [-0.05, 0) is 44.4 Å². The number of carbonyl (C=O) groups excluding carboxylic acids is 1. The van der Waals surface area contributed by atoms with E-state index in [1.165, 1.54) is 24.3 Å². The van der Waals surface area contributed by atoms with E-state index in [1.54, 1.807) is 12.1 Å². The van der Waals surface area contributed by atoms with Crippen molar-refractivity contribution in [3.63, 3.8) is 0 Å². The number of rotatable bonds is 6. The van der Waals surface area contributed by atoms with Gasteiger partial charge in [0.2, 0.25) is 0 Å². The molecule has 2 rings (SSSR count). The van der Waals surface area contributed by atoms with Gasteiger partial charge in [0.25, 0.3) is 5.91 Å². The molecule has 0 aliphatic carbocycles. The smallest absolute Gasteiger partial charge is 0.256 e. The molecule has 1 aromatic carbocycles. The van der Waals surface area contributed by atoms with Crippen LogP contribution in [0.1, 0.15) is 10.4 Å². The van der Waals surface area contributed by atoms with Gasteiger partial charge in [-0.3, -0.25) is 4.79 Å². The average molecular weight is 303 g/mol. The quantitative estimate of drug-likeness (QED) is 0.852. The number of likely N-dealkylation sites (N-methyl/N-ethyl adjacent to an activating group) is 1. The summed E-state index contributed by atoms with van der Waals surface area (Å²) in [4.78, 5) is 14.0. The van der Waals surface area contributed by atoms with E-state index >= 15 is 0 Å². The van der Waals surface area contributed by atoms with E-state index < -0.39 is 11.7 Å². The molecule has 7 heteroatoms. The Balaban J connectivity index is 1.92. The standard InChI is InChI=1S/C15H18FN5O/c1-21(2)9-8-17-13-6-7-14(20-19-13)18-15(22)11-4-3-5-12(16)10-11/h3-7,10H,8-9H2,1-2H3,(H,17,19)(H,18,20,22). The third kappa shape index (κ3) is 4.78. The fourth-order valence-electron chi connectivity index (χ4n) is 1.72. The predicted molar refractivity (Wildman–Crippen MR) is 83.4 cm³/mol. The lowest BCUT2D eigenvalue weighted by Crippen LogP contribution is -2.21. The highest BCUT2D eigenvalue weighted by Crippen LogP contribution is 2.09. The first kappa shape index (κ1) is 15.8. The summed E-state index contributed by atoms with van der Waals surface area (Å²) in [5.74, 6) is 0.0549. The van der Waals surface area contributed by atoms with Gasteiger partial charge >= 0.3 is 0 Å². The zero-order valence-electron chi connectivity index (χ0n) is 12.5. The Morgan fingerprint density at radius 1 is 1.18 bits per heavy atom. The lowest BCUT2D eigenvalue weighted by molar-refractivity contribution is 0.102. The fourth-order valence-corrected chi connectivity index (χ4v) is 1.72. The first-order valence-corrected chi connectivity index (χ1v) is 6.84. The molecule has 0 saturated heterocycles. The fraction of sp³-hybridized carbons (Fsp3) is 0.267. The molecule has 116 valence electrons. The number of nitrogens with zero attached hydrogens (tertiary/aromatic N) is 3. The second-order valence-electron chi connectivity index (χ2n) is 5.00. The Hall–Kier alpha value is -2.54. The number of aromatic nitrogens is 2. The van der Waals surface area contributed by atoms with E-state index in [0.29, 0.717) is 11.6 Å². The van der Waals surface area contributed by atoms with E-state index in [4.69, 9.17) is 0 Å². The van der Waals surface area contributed by atoms with Gasteiger partial charge in [-0.15, -0.1) is 10.2 Å². The van der Waals surface area contributed by atoms with Gasteiger partial charge in [-0.25, -0.2) is 4.39 Å². The molecule has 1 heterocycles. The van der Waals surface area contributed by atoms with Gasteiger partial charge in [0, 0.05) is 18.7 Å². The zero-order valence-corrected chi connectivity index (χ0v) is 12.5. The van der Waals surface area contributed by atoms with Crippen LogP contribution in [-0.2, 0) is 0 Å². The molecule has 0 aliphatic heterocycles. The normalized spacial score (nSPS) is 10.5. The Bertz CT molecular complexity index is 630. The van der Waals surface area contributed by atoms with Crippen LogP contribution in [0.4, 0.5) is 16.0 Å². The topological polar surface area (TPSA) is 70.2 Å². The average Bonchev–Trinajstić information content (AvgIpc) is 2.48. The van der Waals surface area contributed by atoms with E-state index in [0.717, 1.165) is 13.1 Å². The van der Waals surface area contributed by atoms with Crippen molar-refractivity contribution in [3.8, 4) is 0 Å². The number of benzene rings is 1. The largest absolute Gasteiger partial charge is 0.367 e. The van der Waals surface area contributed by atoms with Crippen LogP contribution in [0.15, 0.2) is 36.4 Å². The molecule has 0 unspecified atom stereocenters. The number of nitrogens with one attached hydrogen (secondary N) is 2. The van der Waals surface area contributed by atoms with Crippen molar-refractivity contribution in [2.45, 2.75) is 0 Å². The highest BCUT2D eigenvalue weighted by molar-refractivity contribution is 6.03. The predicted octanol–water partition coefficient (Wildman–Crippen LogP) is 1.84. The first-order valence-electron chi connectivity index (χ1n) is 6.84. The highest BCUT2D eigenvalue weighted by Gasteiger charge is 2.08. The number of halogens is 1. The van der Waals surface area contributed by atoms with Crippen molar-refractivity contribution in [3.05, 3.63) is 47.8 Å². The minimum absolute atomic E-state index is 0.231. The SMILES string of the molecule is CN(C)CCNc1ccc(NC(=O)c2cccc(F)c2)nn1. The van der Waals surface area contributed by atoms with Crippen LogP contribution < -0.4 is 10.6 Å². The maximum absolute atomic E-state index is 13.1. The van der Waals surface area contributed by atoms with Crippen molar-refractivity contribution in [2.75, 3.05) is 37.8 Å². The molecule has 6 nitrogen and oxygen atoms in total. The summed E-state index contributed by atoms with van der Waals surface area (Å²) in [7, 11) is 3.97. The summed E-state index contributed by atoms with van der Waals surface area (Å²) in [6, 6.07) is 8.83. The van der Waals surface area contributed by atoms with Gasteiger partial charge in [0.15, 0.2) is 5.82 Å². The third-order valence-corrected chi connectivity index (χ3v) is 2.86. The van der Waals surface area contributed by atoms with Crippen molar-refractivity contribution in [2.24, 2.45) is 0 Å². The zero-order chi connectivity index (χ0) is 15.9. The van der Waals surface area contributed by atoms with Crippen LogP contribution >= 0.6 is 0 Å². The Kier molecular flexibility index (Phi) is 5.37. The molecule has 0 spiro atoms. The molecule has 2 aromatic rings. The molecule has 0 atom stereocenters. The Morgan fingerprint density at radius 2 is 1.91 bits per heavy atom. The molecule has 0 aliphatic rings. The maximum atomic E-state index is 13.1. The summed E-state index contributed by atoms with van der Waals surface area (Å²) < 4.78 is 13.1. The second kappa shape index (κ2) is 7.46. The lowest BCUT2D eigenvalue weighted by Gasteiger charge is -2.10. The minimum Gasteiger partial charge on any atom is -0.367 e. The molecular formula is C15H18FN5O. The van der Waals surface area contributed by atoms with Crippen molar-refractivity contribution in [1.82, 2.24) is 15.1 Å². The van der Waals surface area contributed by atoms with Crippen LogP contribution in [0.3, 0.4) is 0 Å². The molecule has 0 saturated carbocycles. The van der Waals surface area contributed by atoms with Gasteiger partial charge in [0.1, 0.15) is 11.6 Å². The minimum atomic E-state index is -0.459. The molecule has 22 heavy (non-hydrogen) atoms. The molecular weight excluding hydrogens is 285 g/mol. The van der Waals surface area contributed by atoms with E-state index in [2.05, 4.69) is 20.8 Å². The lowest BCUT2D eigenvalue weighted by atomic mass is 10.2. The summed E-state index contributed by atoms with van der Waals surface area (Å²) in [5.41, 5.74) is 0.231. The van der Waals surface area contributed by atoms with Crippen molar-refractivity contribution >= 4 is 17.5 Å². The number of anilines is 2. The third-order valence-electron chi connectivity index (χ3n) is 2.86. The molecule has 2 N–H and O–H groups in total. The van der Waals surface area contributed by atoms with E-state index in [9.17, 15) is 9.18 Å².